The summed E-state index contributed by atoms with van der Waals surface area (Å²) in [5.41, 5.74) is 0. The van der Waals surface area contributed by atoms with Crippen LogP contribution in [0.1, 0.15) is 32.1 Å². The van der Waals surface area contributed by atoms with Gasteiger partial charge in [0.1, 0.15) is 0 Å². The second kappa shape index (κ2) is 5.84. The van der Waals surface area contributed by atoms with Gasteiger partial charge in [0, 0.05) is 0 Å². The fourth-order valence-electron chi connectivity index (χ4n) is 2.67. The summed E-state index contributed by atoms with van der Waals surface area (Å²) >= 11 is 2.15. The average molecular weight is 280 g/mol. The SMILES string of the molecule is O.O.O.O=C(O)C1CC2CC[C]1([Ge])CC2. The fourth-order valence-corrected chi connectivity index (χ4v) is 3.78. The van der Waals surface area contributed by atoms with Crippen molar-refractivity contribution in [3.05, 3.63) is 0 Å². The van der Waals surface area contributed by atoms with E-state index in [0.29, 0.717) is 5.92 Å². The molecule has 1 atom stereocenters. The molecule has 0 saturated heterocycles. The van der Waals surface area contributed by atoms with Gasteiger partial charge in [0.2, 0.25) is 0 Å². The van der Waals surface area contributed by atoms with E-state index in [0.717, 1.165) is 19.3 Å². The van der Waals surface area contributed by atoms with E-state index < -0.39 is 5.97 Å². The van der Waals surface area contributed by atoms with Gasteiger partial charge in [-0.2, -0.15) is 0 Å². The van der Waals surface area contributed by atoms with Crippen molar-refractivity contribution in [3.63, 3.8) is 0 Å². The topological polar surface area (TPSA) is 132 Å². The third-order valence-corrected chi connectivity index (χ3v) is 5.31. The molecule has 6 heteroatoms. The maximum absolute atomic E-state index is 10.9. The van der Waals surface area contributed by atoms with E-state index in [2.05, 4.69) is 16.5 Å². The first kappa shape index (κ1) is 17.3. The van der Waals surface area contributed by atoms with Gasteiger partial charge >= 0.3 is 80.6 Å². The van der Waals surface area contributed by atoms with Crippen LogP contribution in [0.15, 0.2) is 0 Å². The summed E-state index contributed by atoms with van der Waals surface area (Å²) in [6.07, 6.45) is 5.73. The summed E-state index contributed by atoms with van der Waals surface area (Å²) in [6, 6.07) is 0. The first-order valence-corrected chi connectivity index (χ1v) is 5.64. The standard InChI is InChI=1S/C9H13GeO2.3H2O/c10-9-3-1-6(2-4-9)5-7(9)8(11)12;;;/h6-7H,1-5H2,(H,11,12);3*1H2. The van der Waals surface area contributed by atoms with Crippen molar-refractivity contribution in [3.8, 4) is 0 Å². The number of rotatable bonds is 1. The van der Waals surface area contributed by atoms with Crippen LogP contribution in [-0.2, 0) is 4.79 Å². The quantitative estimate of drug-likeness (QED) is 0.625. The van der Waals surface area contributed by atoms with Crippen molar-refractivity contribution in [2.75, 3.05) is 0 Å². The number of carbonyl (C=O) groups is 1. The Morgan fingerprint density at radius 2 is 1.67 bits per heavy atom. The van der Waals surface area contributed by atoms with Gasteiger partial charge in [-0.05, 0) is 0 Å². The van der Waals surface area contributed by atoms with E-state index in [4.69, 9.17) is 5.11 Å². The zero-order valence-corrected chi connectivity index (χ0v) is 10.6. The van der Waals surface area contributed by atoms with Crippen molar-refractivity contribution >= 4 is 22.5 Å². The molecule has 3 saturated carbocycles. The Morgan fingerprint density at radius 3 is 1.93 bits per heavy atom. The molecule has 3 aliphatic carbocycles. The number of aliphatic carboxylic acids is 1. The molecule has 3 rings (SSSR count). The predicted octanol–water partition coefficient (Wildman–Crippen LogP) is -0.866. The molecule has 0 spiro atoms. The second-order valence-corrected chi connectivity index (χ2v) is 6.32. The maximum atomic E-state index is 10.9. The molecule has 5 nitrogen and oxygen atoms in total. The van der Waals surface area contributed by atoms with E-state index in [1.807, 2.05) is 0 Å². The van der Waals surface area contributed by atoms with Gasteiger partial charge in [-0.25, -0.2) is 0 Å². The molecule has 0 aromatic carbocycles. The van der Waals surface area contributed by atoms with Gasteiger partial charge < -0.3 is 16.4 Å². The first-order valence-electron chi connectivity index (χ1n) is 4.60. The number of carboxylic acids is 1. The van der Waals surface area contributed by atoms with Crippen molar-refractivity contribution in [1.29, 1.82) is 0 Å². The Hall–Kier alpha value is -0.107. The first-order chi connectivity index (χ1) is 5.62. The van der Waals surface area contributed by atoms with Crippen LogP contribution in [0.2, 0.25) is 4.25 Å². The van der Waals surface area contributed by atoms with Gasteiger partial charge in [-0.15, -0.1) is 0 Å². The van der Waals surface area contributed by atoms with Crippen LogP contribution in [0, 0.1) is 11.8 Å². The van der Waals surface area contributed by atoms with Crippen molar-refractivity contribution in [1.82, 2.24) is 0 Å². The zero-order valence-electron chi connectivity index (χ0n) is 8.55. The normalized spacial score (nSPS) is 36.9. The third kappa shape index (κ3) is 2.93. The summed E-state index contributed by atoms with van der Waals surface area (Å²) in [4.78, 5) is 10.9. The molecule has 1 unspecified atom stereocenters. The van der Waals surface area contributed by atoms with Gasteiger partial charge in [-0.3, -0.25) is 0 Å². The second-order valence-electron chi connectivity index (χ2n) is 4.23. The van der Waals surface area contributed by atoms with Gasteiger partial charge in [0.15, 0.2) is 0 Å². The van der Waals surface area contributed by atoms with E-state index in [1.54, 1.807) is 0 Å². The summed E-state index contributed by atoms with van der Waals surface area (Å²) in [5.74, 6) is 0.0971. The Bertz CT molecular complexity index is 213. The minimum atomic E-state index is -0.568. The number of hydrogen-bond acceptors (Lipinski definition) is 1. The van der Waals surface area contributed by atoms with E-state index in [9.17, 15) is 4.79 Å². The van der Waals surface area contributed by atoms with Crippen molar-refractivity contribution in [2.24, 2.45) is 11.8 Å². The Kier molecular flexibility index (Phi) is 6.73. The van der Waals surface area contributed by atoms with Gasteiger partial charge in [-0.1, -0.05) is 0 Å². The predicted molar refractivity (Wildman–Crippen MR) is 57.0 cm³/mol. The molecule has 3 aliphatic rings. The number of carboxylic acid groups (broad SMARTS) is 1. The van der Waals surface area contributed by atoms with E-state index in [1.165, 1.54) is 12.8 Å². The molecule has 0 amide bonds. The molecule has 2 bridgehead atoms. The molecule has 0 heterocycles. The van der Waals surface area contributed by atoms with Crippen molar-refractivity contribution in [2.45, 2.75) is 36.4 Å². The monoisotopic (exact) mass is 281 g/mol. The van der Waals surface area contributed by atoms with Gasteiger partial charge in [0.05, 0.1) is 0 Å². The van der Waals surface area contributed by atoms with Crippen LogP contribution in [0.4, 0.5) is 0 Å². The average Bonchev–Trinajstić information content (AvgIpc) is 2.04. The number of fused-ring (bicyclic) bond motifs is 3. The summed E-state index contributed by atoms with van der Waals surface area (Å²) < 4.78 is 0.126. The third-order valence-electron chi connectivity index (χ3n) is 3.53. The van der Waals surface area contributed by atoms with Crippen LogP contribution < -0.4 is 0 Å². The molecule has 7 N–H and O–H groups in total. The number of hydrogen-bond donors (Lipinski definition) is 1. The summed E-state index contributed by atoms with van der Waals surface area (Å²) in [7, 11) is 0. The molecule has 15 heavy (non-hydrogen) atoms. The summed E-state index contributed by atoms with van der Waals surface area (Å²) in [5, 5.41) is 9.03. The Labute approximate surface area is 97.4 Å². The van der Waals surface area contributed by atoms with E-state index in [-0.39, 0.29) is 26.6 Å². The summed E-state index contributed by atoms with van der Waals surface area (Å²) in [6.45, 7) is 0. The zero-order chi connectivity index (χ0) is 8.77. The van der Waals surface area contributed by atoms with Crippen LogP contribution in [-0.4, -0.2) is 44.0 Å². The Morgan fingerprint density at radius 1 is 1.20 bits per heavy atom. The van der Waals surface area contributed by atoms with E-state index >= 15 is 0 Å². The van der Waals surface area contributed by atoms with Crippen LogP contribution >= 0.6 is 0 Å². The molecule has 3 radical (unpaired) electrons. The Balaban J connectivity index is 0. The van der Waals surface area contributed by atoms with Crippen LogP contribution in [0.3, 0.4) is 0 Å². The minimum absolute atomic E-state index is 0. The fraction of sp³-hybridized carbons (Fsp3) is 0.889. The molecule has 0 aliphatic heterocycles. The van der Waals surface area contributed by atoms with Crippen LogP contribution in [0.5, 0.6) is 0 Å². The molecule has 0 aromatic rings. The molecule has 3 fully saturated rings. The molecule has 89 valence electrons. The molecular formula is C9H19GeO5. The van der Waals surface area contributed by atoms with Crippen LogP contribution in [0.25, 0.3) is 0 Å². The van der Waals surface area contributed by atoms with Gasteiger partial charge in [0.25, 0.3) is 0 Å². The molecular weight excluding hydrogens is 261 g/mol. The van der Waals surface area contributed by atoms with Crippen molar-refractivity contribution < 1.29 is 26.3 Å². The molecule has 0 aromatic heterocycles.